The molecule has 1 atom stereocenters. The lowest BCUT2D eigenvalue weighted by Gasteiger charge is -2.36. The maximum absolute atomic E-state index is 13.2. The number of hydrogen-bond donors (Lipinski definition) is 1. The molecule has 0 bridgehead atoms. The fraction of sp³-hybridized carbons (Fsp3) is 0.286. The molecule has 1 saturated heterocycles. The van der Waals surface area contributed by atoms with Crippen LogP contribution in [-0.4, -0.2) is 67.5 Å². The molecule has 10 heteroatoms. The third-order valence-corrected chi connectivity index (χ3v) is 6.88. The number of piperazine rings is 1. The van der Waals surface area contributed by atoms with Crippen LogP contribution in [0.5, 0.6) is 0 Å². The van der Waals surface area contributed by atoms with E-state index in [9.17, 15) is 27.2 Å². The number of sulfone groups is 1. The average Bonchev–Trinajstić information content (AvgIpc) is 2.78. The van der Waals surface area contributed by atoms with Crippen LogP contribution >= 0.6 is 0 Å². The lowest BCUT2D eigenvalue weighted by Crippen LogP contribution is -2.57. The van der Waals surface area contributed by atoms with E-state index < -0.39 is 32.8 Å². The van der Waals surface area contributed by atoms with Crippen LogP contribution in [0.1, 0.15) is 17.3 Å². The Morgan fingerprint density at radius 2 is 1.45 bits per heavy atom. The number of rotatable bonds is 5. The van der Waals surface area contributed by atoms with Gasteiger partial charge in [0.2, 0.25) is 21.1 Å². The highest BCUT2D eigenvalue weighted by Gasteiger charge is 2.39. The van der Waals surface area contributed by atoms with Crippen LogP contribution < -0.4 is 5.32 Å². The van der Waals surface area contributed by atoms with Crippen molar-refractivity contribution in [1.82, 2.24) is 15.1 Å². The van der Waals surface area contributed by atoms with E-state index in [0.717, 1.165) is 12.1 Å². The highest BCUT2D eigenvalue weighted by Crippen LogP contribution is 2.18. The predicted octanol–water partition coefficient (Wildman–Crippen LogP) is 1.05. The molecule has 164 valence electrons. The summed E-state index contributed by atoms with van der Waals surface area (Å²) in [5, 5.41) is 0.437. The molecule has 31 heavy (non-hydrogen) atoms. The maximum Gasteiger partial charge on any atom is 0.261 e. The van der Waals surface area contributed by atoms with Crippen LogP contribution in [0.4, 0.5) is 4.39 Å². The van der Waals surface area contributed by atoms with E-state index in [-0.39, 0.29) is 42.5 Å². The molecule has 1 fully saturated rings. The van der Waals surface area contributed by atoms with Crippen molar-refractivity contribution in [2.24, 2.45) is 0 Å². The summed E-state index contributed by atoms with van der Waals surface area (Å²) in [5.74, 6) is -2.29. The largest absolute Gasteiger partial charge is 0.339 e. The molecular formula is C21H22FN3O5S. The Morgan fingerprint density at radius 3 is 2.00 bits per heavy atom. The number of carbonyl (C=O) groups excluding carboxylic acids is 3. The molecule has 1 aliphatic rings. The molecule has 1 N–H and O–H groups in total. The van der Waals surface area contributed by atoms with Crippen LogP contribution in [0.15, 0.2) is 59.5 Å². The molecule has 2 aromatic carbocycles. The smallest absolute Gasteiger partial charge is 0.261 e. The zero-order chi connectivity index (χ0) is 22.6. The number of halogens is 1. The van der Waals surface area contributed by atoms with Crippen molar-refractivity contribution in [3.05, 3.63) is 66.0 Å². The Balaban J connectivity index is 1.89. The Kier molecular flexibility index (Phi) is 6.69. The maximum atomic E-state index is 13.2. The first-order valence-electron chi connectivity index (χ1n) is 9.60. The van der Waals surface area contributed by atoms with Gasteiger partial charge in [0, 0.05) is 38.7 Å². The standard InChI is InChI=1S/C21H22FN3O5S/c1-15(26)24-11-13-25(14-12-24)21(28)20(31(29,30)18-5-3-2-4-6-18)23-19(27)16-7-9-17(22)10-8-16/h2-10,20H,11-14H2,1H3,(H,23,27)/t20-/m1/s1. The fourth-order valence-corrected chi connectivity index (χ4v) is 4.71. The van der Waals surface area contributed by atoms with E-state index in [2.05, 4.69) is 5.32 Å². The molecule has 0 spiro atoms. The summed E-state index contributed by atoms with van der Waals surface area (Å²) in [6.07, 6.45) is 0. The van der Waals surface area contributed by atoms with Crippen molar-refractivity contribution in [2.75, 3.05) is 26.2 Å². The van der Waals surface area contributed by atoms with E-state index in [4.69, 9.17) is 0 Å². The Labute approximate surface area is 179 Å². The normalized spacial score (nSPS) is 15.3. The number of amides is 3. The van der Waals surface area contributed by atoms with Crippen molar-refractivity contribution < 1.29 is 27.2 Å². The second-order valence-corrected chi connectivity index (χ2v) is 9.08. The summed E-state index contributed by atoms with van der Waals surface area (Å²) in [6.45, 7) is 2.25. The molecule has 3 amide bonds. The van der Waals surface area contributed by atoms with Gasteiger partial charge in [-0.15, -0.1) is 0 Å². The number of benzene rings is 2. The quantitative estimate of drug-likeness (QED) is 0.738. The van der Waals surface area contributed by atoms with Crippen LogP contribution in [-0.2, 0) is 19.4 Å². The summed E-state index contributed by atoms with van der Waals surface area (Å²) in [4.78, 5) is 40.1. The van der Waals surface area contributed by atoms with Gasteiger partial charge in [0.25, 0.3) is 11.8 Å². The molecule has 0 saturated carbocycles. The van der Waals surface area contributed by atoms with Crippen molar-refractivity contribution in [3.63, 3.8) is 0 Å². The van der Waals surface area contributed by atoms with Gasteiger partial charge in [-0.05, 0) is 36.4 Å². The van der Waals surface area contributed by atoms with Gasteiger partial charge in [-0.1, -0.05) is 18.2 Å². The first-order valence-corrected chi connectivity index (χ1v) is 11.1. The van der Waals surface area contributed by atoms with Crippen molar-refractivity contribution in [3.8, 4) is 0 Å². The monoisotopic (exact) mass is 447 g/mol. The second-order valence-electron chi connectivity index (χ2n) is 7.05. The third kappa shape index (κ3) is 5.08. The molecule has 8 nitrogen and oxygen atoms in total. The molecular weight excluding hydrogens is 425 g/mol. The van der Waals surface area contributed by atoms with E-state index in [0.29, 0.717) is 0 Å². The number of carbonyl (C=O) groups is 3. The van der Waals surface area contributed by atoms with Gasteiger partial charge >= 0.3 is 0 Å². The zero-order valence-corrected chi connectivity index (χ0v) is 17.6. The van der Waals surface area contributed by atoms with E-state index in [1.54, 1.807) is 11.0 Å². The number of nitrogens with one attached hydrogen (secondary N) is 1. The van der Waals surface area contributed by atoms with E-state index in [1.165, 1.54) is 48.2 Å². The molecule has 0 aromatic heterocycles. The molecule has 0 aliphatic carbocycles. The molecule has 0 unspecified atom stereocenters. The Morgan fingerprint density at radius 1 is 0.903 bits per heavy atom. The molecule has 0 radical (unpaired) electrons. The summed E-state index contributed by atoms with van der Waals surface area (Å²) in [7, 11) is -4.27. The first-order chi connectivity index (χ1) is 14.7. The summed E-state index contributed by atoms with van der Waals surface area (Å²) in [5.41, 5.74) is 0.0175. The van der Waals surface area contributed by atoms with Gasteiger partial charge in [0.1, 0.15) is 5.82 Å². The average molecular weight is 447 g/mol. The van der Waals surface area contributed by atoms with Gasteiger partial charge in [-0.25, -0.2) is 12.8 Å². The molecule has 1 heterocycles. The number of hydrogen-bond acceptors (Lipinski definition) is 5. The van der Waals surface area contributed by atoms with Gasteiger partial charge in [0.15, 0.2) is 0 Å². The minimum absolute atomic E-state index is 0.0175. The predicted molar refractivity (Wildman–Crippen MR) is 110 cm³/mol. The van der Waals surface area contributed by atoms with Gasteiger partial charge in [0.05, 0.1) is 4.90 Å². The van der Waals surface area contributed by atoms with E-state index in [1.807, 2.05) is 0 Å². The molecule has 3 rings (SSSR count). The lowest BCUT2D eigenvalue weighted by molar-refractivity contribution is -0.138. The molecule has 1 aliphatic heterocycles. The van der Waals surface area contributed by atoms with Crippen LogP contribution in [0.2, 0.25) is 0 Å². The third-order valence-electron chi connectivity index (χ3n) is 5.01. The SMILES string of the molecule is CC(=O)N1CCN(C(=O)[C@H](NC(=O)c2ccc(F)cc2)S(=O)(=O)c2ccccc2)CC1. The number of nitrogens with zero attached hydrogens (tertiary/aromatic N) is 2. The Hall–Kier alpha value is -3.27. The van der Waals surface area contributed by atoms with Crippen molar-refractivity contribution >= 4 is 27.6 Å². The topological polar surface area (TPSA) is 104 Å². The van der Waals surface area contributed by atoms with E-state index >= 15 is 0 Å². The minimum atomic E-state index is -4.27. The van der Waals surface area contributed by atoms with Gasteiger partial charge in [-0.3, -0.25) is 14.4 Å². The molecule has 2 aromatic rings. The van der Waals surface area contributed by atoms with Crippen LogP contribution in [0.3, 0.4) is 0 Å². The summed E-state index contributed by atoms with van der Waals surface area (Å²) < 4.78 is 39.6. The summed E-state index contributed by atoms with van der Waals surface area (Å²) in [6, 6.07) is 11.9. The van der Waals surface area contributed by atoms with Crippen LogP contribution in [0, 0.1) is 5.82 Å². The van der Waals surface area contributed by atoms with Crippen LogP contribution in [0.25, 0.3) is 0 Å². The fourth-order valence-electron chi connectivity index (χ4n) is 3.23. The highest BCUT2D eigenvalue weighted by atomic mass is 32.2. The van der Waals surface area contributed by atoms with Crippen molar-refractivity contribution in [2.45, 2.75) is 17.2 Å². The van der Waals surface area contributed by atoms with Gasteiger partial charge < -0.3 is 15.1 Å². The second kappa shape index (κ2) is 9.25. The first kappa shape index (κ1) is 22.4. The highest BCUT2D eigenvalue weighted by molar-refractivity contribution is 7.92. The van der Waals surface area contributed by atoms with Gasteiger partial charge in [-0.2, -0.15) is 0 Å². The Bertz CT molecular complexity index is 1070. The minimum Gasteiger partial charge on any atom is -0.339 e. The van der Waals surface area contributed by atoms with Crippen molar-refractivity contribution in [1.29, 1.82) is 0 Å². The zero-order valence-electron chi connectivity index (χ0n) is 16.8. The lowest BCUT2D eigenvalue weighted by atomic mass is 10.2. The summed E-state index contributed by atoms with van der Waals surface area (Å²) >= 11 is 0.